The molecule has 0 spiro atoms. The molecule has 0 aromatic carbocycles. The van der Waals surface area contributed by atoms with Crippen molar-refractivity contribution in [3.63, 3.8) is 0 Å². The second kappa shape index (κ2) is 6.29. The molecule has 2 aromatic heterocycles. The van der Waals surface area contributed by atoms with Crippen molar-refractivity contribution in [3.8, 4) is 11.3 Å². The summed E-state index contributed by atoms with van der Waals surface area (Å²) in [6.45, 7) is 12.7. The number of hydrogen-bond donors (Lipinski definition) is 1. The van der Waals surface area contributed by atoms with E-state index < -0.39 is 8.07 Å². The average Bonchev–Trinajstić information content (AvgIpc) is 2.98. The van der Waals surface area contributed by atoms with Gasteiger partial charge in [-0.15, -0.1) is 0 Å². The van der Waals surface area contributed by atoms with Crippen LogP contribution in [0.5, 0.6) is 0 Å². The van der Waals surface area contributed by atoms with Crippen LogP contribution in [0.25, 0.3) is 11.3 Å². The monoisotopic (exact) mass is 345 g/mol. The summed E-state index contributed by atoms with van der Waals surface area (Å²) in [6, 6.07) is 1.16. The van der Waals surface area contributed by atoms with Crippen LogP contribution in [0.4, 0.5) is 5.95 Å². The Hall–Kier alpha value is -1.73. The SMILES string of the molecule is CC(C)c1c2c(nn1COCC[Si](C)(C)C)Cc1cnc(N)nc1-2. The Bertz CT molecular complexity index is 748. The fourth-order valence-corrected chi connectivity index (χ4v) is 3.83. The maximum absolute atomic E-state index is 5.91. The van der Waals surface area contributed by atoms with E-state index in [9.17, 15) is 0 Å². The molecule has 0 amide bonds. The van der Waals surface area contributed by atoms with Crippen molar-refractivity contribution in [1.82, 2.24) is 19.7 Å². The molecule has 6 nitrogen and oxygen atoms in total. The highest BCUT2D eigenvalue weighted by Crippen LogP contribution is 2.40. The molecule has 1 aliphatic rings. The van der Waals surface area contributed by atoms with Crippen molar-refractivity contribution in [2.24, 2.45) is 0 Å². The van der Waals surface area contributed by atoms with E-state index in [2.05, 4.69) is 43.5 Å². The van der Waals surface area contributed by atoms with Gasteiger partial charge >= 0.3 is 0 Å². The van der Waals surface area contributed by atoms with Crippen molar-refractivity contribution in [1.29, 1.82) is 0 Å². The third-order valence-electron chi connectivity index (χ3n) is 4.30. The molecule has 24 heavy (non-hydrogen) atoms. The first-order chi connectivity index (χ1) is 11.3. The van der Waals surface area contributed by atoms with Gasteiger partial charge in [-0.25, -0.2) is 14.6 Å². The Labute approximate surface area is 144 Å². The van der Waals surface area contributed by atoms with Gasteiger partial charge in [0.2, 0.25) is 5.95 Å². The van der Waals surface area contributed by atoms with Crippen LogP contribution in [0.2, 0.25) is 25.7 Å². The predicted octanol–water partition coefficient (Wildman–Crippen LogP) is 3.26. The first-order valence-electron chi connectivity index (χ1n) is 8.55. The standard InChI is InChI=1S/C17H27N5OSi/c1-11(2)16-14-13(8-12-9-19-17(18)20-15(12)14)21-22(16)10-23-6-7-24(3,4)5/h9,11H,6-8,10H2,1-5H3,(H2,18,19,20). The third-order valence-corrected chi connectivity index (χ3v) is 6.00. The van der Waals surface area contributed by atoms with Gasteiger partial charge in [-0.3, -0.25) is 0 Å². The Morgan fingerprint density at radius 3 is 2.75 bits per heavy atom. The molecule has 0 unspecified atom stereocenters. The minimum Gasteiger partial charge on any atom is -0.368 e. The number of hydrogen-bond acceptors (Lipinski definition) is 5. The predicted molar refractivity (Wildman–Crippen MR) is 98.7 cm³/mol. The van der Waals surface area contributed by atoms with Gasteiger partial charge in [-0.2, -0.15) is 5.10 Å². The Morgan fingerprint density at radius 1 is 1.33 bits per heavy atom. The van der Waals surface area contributed by atoms with Crippen molar-refractivity contribution in [2.45, 2.75) is 58.6 Å². The molecule has 0 radical (unpaired) electrons. The molecule has 0 saturated heterocycles. The van der Waals surface area contributed by atoms with Crippen LogP contribution in [0, 0.1) is 0 Å². The maximum Gasteiger partial charge on any atom is 0.220 e. The van der Waals surface area contributed by atoms with Gasteiger partial charge in [0.15, 0.2) is 0 Å². The van der Waals surface area contributed by atoms with Crippen molar-refractivity contribution in [2.75, 3.05) is 12.3 Å². The minimum atomic E-state index is -1.07. The van der Waals surface area contributed by atoms with E-state index in [0.717, 1.165) is 41.6 Å². The van der Waals surface area contributed by atoms with Crippen LogP contribution >= 0.6 is 0 Å². The number of nitrogens with zero attached hydrogens (tertiary/aromatic N) is 4. The molecule has 0 saturated carbocycles. The topological polar surface area (TPSA) is 78.8 Å². The van der Waals surface area contributed by atoms with Crippen molar-refractivity contribution in [3.05, 3.63) is 23.1 Å². The summed E-state index contributed by atoms with van der Waals surface area (Å²) >= 11 is 0. The molecule has 2 aromatic rings. The second-order valence-electron chi connectivity index (χ2n) is 7.99. The molecular weight excluding hydrogens is 318 g/mol. The molecular formula is C17H27N5OSi. The van der Waals surface area contributed by atoms with Crippen LogP contribution in [-0.2, 0) is 17.9 Å². The lowest BCUT2D eigenvalue weighted by molar-refractivity contribution is 0.0757. The van der Waals surface area contributed by atoms with Crippen molar-refractivity contribution >= 4 is 14.0 Å². The zero-order valence-electron chi connectivity index (χ0n) is 15.3. The van der Waals surface area contributed by atoms with Crippen LogP contribution in [0.1, 0.15) is 36.7 Å². The molecule has 2 heterocycles. The molecule has 0 atom stereocenters. The number of ether oxygens (including phenoxy) is 1. The van der Waals surface area contributed by atoms with Crippen LogP contribution in [0.15, 0.2) is 6.20 Å². The van der Waals surface area contributed by atoms with E-state index >= 15 is 0 Å². The van der Waals surface area contributed by atoms with Gasteiger partial charge in [0.25, 0.3) is 0 Å². The highest BCUT2D eigenvalue weighted by Gasteiger charge is 2.30. The maximum atomic E-state index is 5.91. The fourth-order valence-electron chi connectivity index (χ4n) is 3.07. The van der Waals surface area contributed by atoms with Gasteiger partial charge in [0.1, 0.15) is 6.73 Å². The zero-order chi connectivity index (χ0) is 17.5. The van der Waals surface area contributed by atoms with Gasteiger partial charge in [0.05, 0.1) is 17.1 Å². The molecule has 1 aliphatic carbocycles. The number of nitrogens with two attached hydrogens (primary N) is 1. The zero-order valence-corrected chi connectivity index (χ0v) is 16.3. The van der Waals surface area contributed by atoms with E-state index in [4.69, 9.17) is 15.6 Å². The minimum absolute atomic E-state index is 0.315. The summed E-state index contributed by atoms with van der Waals surface area (Å²) in [6.07, 6.45) is 2.59. The number of aromatic nitrogens is 4. The van der Waals surface area contributed by atoms with Crippen LogP contribution in [0.3, 0.4) is 0 Å². The first-order valence-corrected chi connectivity index (χ1v) is 12.3. The van der Waals surface area contributed by atoms with E-state index in [-0.39, 0.29) is 0 Å². The summed E-state index contributed by atoms with van der Waals surface area (Å²) in [5, 5.41) is 4.78. The molecule has 2 N–H and O–H groups in total. The number of rotatable bonds is 6. The van der Waals surface area contributed by atoms with Crippen molar-refractivity contribution < 1.29 is 4.74 Å². The van der Waals surface area contributed by atoms with Crippen LogP contribution < -0.4 is 5.73 Å². The first kappa shape index (κ1) is 17.1. The summed E-state index contributed by atoms with van der Waals surface area (Å²) in [7, 11) is -1.07. The van der Waals surface area contributed by atoms with Gasteiger partial charge in [0, 0.05) is 38.4 Å². The molecule has 130 valence electrons. The third kappa shape index (κ3) is 3.37. The Balaban J connectivity index is 1.85. The smallest absolute Gasteiger partial charge is 0.220 e. The molecule has 0 bridgehead atoms. The number of nitrogen functional groups attached to an aromatic ring is 1. The Kier molecular flexibility index (Phi) is 4.48. The molecule has 0 aliphatic heterocycles. The molecule has 3 rings (SSSR count). The van der Waals surface area contributed by atoms with Crippen LogP contribution in [-0.4, -0.2) is 34.4 Å². The molecule has 7 heteroatoms. The summed E-state index contributed by atoms with van der Waals surface area (Å²) in [5.41, 5.74) is 11.2. The van der Waals surface area contributed by atoms with E-state index in [1.165, 1.54) is 5.69 Å². The van der Waals surface area contributed by atoms with Gasteiger partial charge in [-0.1, -0.05) is 33.5 Å². The highest BCUT2D eigenvalue weighted by atomic mass is 28.3. The lowest BCUT2D eigenvalue weighted by Crippen LogP contribution is -2.22. The number of fused-ring (bicyclic) bond motifs is 3. The van der Waals surface area contributed by atoms with Gasteiger partial charge < -0.3 is 10.5 Å². The quantitative estimate of drug-likeness (QED) is 0.548. The van der Waals surface area contributed by atoms with E-state index in [1.54, 1.807) is 0 Å². The lowest BCUT2D eigenvalue weighted by Gasteiger charge is -2.17. The second-order valence-corrected chi connectivity index (χ2v) is 13.6. The average molecular weight is 346 g/mol. The normalized spacial score (nSPS) is 13.4. The largest absolute Gasteiger partial charge is 0.368 e. The summed E-state index contributed by atoms with van der Waals surface area (Å²) < 4.78 is 7.91. The lowest BCUT2D eigenvalue weighted by atomic mass is 10.0. The van der Waals surface area contributed by atoms with E-state index in [0.29, 0.717) is 18.6 Å². The fraction of sp³-hybridized carbons (Fsp3) is 0.588. The Morgan fingerprint density at radius 2 is 2.08 bits per heavy atom. The number of anilines is 1. The highest BCUT2D eigenvalue weighted by molar-refractivity contribution is 6.76. The van der Waals surface area contributed by atoms with Gasteiger partial charge in [-0.05, 0) is 12.0 Å². The van der Waals surface area contributed by atoms with E-state index in [1.807, 2.05) is 10.9 Å². The summed E-state index contributed by atoms with van der Waals surface area (Å²) in [5.74, 6) is 0.652. The molecule has 0 fully saturated rings. The summed E-state index contributed by atoms with van der Waals surface area (Å²) in [4.78, 5) is 8.56.